The SMILES string of the molecule is Cc1cc(Cn2c(NCC(C)O)nc3ccccc32)on1. The number of benzene rings is 1. The zero-order chi connectivity index (χ0) is 14.8. The molecule has 6 nitrogen and oxygen atoms in total. The van der Waals surface area contributed by atoms with Crippen LogP contribution in [0.4, 0.5) is 5.95 Å². The van der Waals surface area contributed by atoms with Gasteiger partial charge in [-0.1, -0.05) is 17.3 Å². The fraction of sp³-hybridized carbons (Fsp3) is 0.333. The van der Waals surface area contributed by atoms with E-state index in [1.807, 2.05) is 41.8 Å². The van der Waals surface area contributed by atoms with E-state index in [0.29, 0.717) is 19.0 Å². The number of hydrogen-bond acceptors (Lipinski definition) is 5. The summed E-state index contributed by atoms with van der Waals surface area (Å²) in [5.74, 6) is 1.49. The topological polar surface area (TPSA) is 76.1 Å². The molecule has 0 fully saturated rings. The highest BCUT2D eigenvalue weighted by Gasteiger charge is 2.13. The van der Waals surface area contributed by atoms with Gasteiger partial charge < -0.3 is 19.5 Å². The number of para-hydroxylation sites is 2. The molecule has 0 radical (unpaired) electrons. The van der Waals surface area contributed by atoms with Crippen LogP contribution in [0.15, 0.2) is 34.9 Å². The maximum absolute atomic E-state index is 9.44. The van der Waals surface area contributed by atoms with Crippen molar-refractivity contribution in [2.75, 3.05) is 11.9 Å². The Hall–Kier alpha value is -2.34. The van der Waals surface area contributed by atoms with Gasteiger partial charge in [0.25, 0.3) is 0 Å². The van der Waals surface area contributed by atoms with Gasteiger partial charge in [0.15, 0.2) is 5.76 Å². The monoisotopic (exact) mass is 286 g/mol. The van der Waals surface area contributed by atoms with E-state index in [1.54, 1.807) is 6.92 Å². The molecule has 1 aromatic carbocycles. The summed E-state index contributed by atoms with van der Waals surface area (Å²) in [4.78, 5) is 4.57. The molecular formula is C15H18N4O2. The first-order chi connectivity index (χ1) is 10.1. The van der Waals surface area contributed by atoms with Gasteiger partial charge in [-0.2, -0.15) is 0 Å². The number of nitrogens with one attached hydrogen (secondary N) is 1. The molecule has 0 amide bonds. The molecule has 0 aliphatic heterocycles. The minimum absolute atomic E-state index is 0.439. The number of aromatic nitrogens is 3. The summed E-state index contributed by atoms with van der Waals surface area (Å²) in [6.45, 7) is 4.62. The van der Waals surface area contributed by atoms with Crippen molar-refractivity contribution in [3.05, 3.63) is 41.8 Å². The van der Waals surface area contributed by atoms with Crippen LogP contribution in [0.5, 0.6) is 0 Å². The van der Waals surface area contributed by atoms with Crippen molar-refractivity contribution >= 4 is 17.0 Å². The van der Waals surface area contributed by atoms with Crippen molar-refractivity contribution < 1.29 is 9.63 Å². The van der Waals surface area contributed by atoms with Gasteiger partial charge >= 0.3 is 0 Å². The first kappa shape index (κ1) is 13.6. The van der Waals surface area contributed by atoms with Crippen molar-refractivity contribution in [2.24, 2.45) is 0 Å². The van der Waals surface area contributed by atoms with Gasteiger partial charge in [0.1, 0.15) is 0 Å². The lowest BCUT2D eigenvalue weighted by molar-refractivity contribution is 0.208. The second-order valence-electron chi connectivity index (χ2n) is 5.17. The Kier molecular flexibility index (Phi) is 3.62. The third kappa shape index (κ3) is 2.90. The van der Waals surface area contributed by atoms with Gasteiger partial charge in [-0.05, 0) is 26.0 Å². The molecule has 1 atom stereocenters. The maximum Gasteiger partial charge on any atom is 0.204 e. The molecule has 21 heavy (non-hydrogen) atoms. The van der Waals surface area contributed by atoms with Crippen LogP contribution in [0, 0.1) is 6.92 Å². The lowest BCUT2D eigenvalue weighted by atomic mass is 10.3. The van der Waals surface area contributed by atoms with E-state index < -0.39 is 6.10 Å². The molecule has 2 aromatic heterocycles. The molecule has 0 saturated carbocycles. The molecule has 6 heteroatoms. The fourth-order valence-electron chi connectivity index (χ4n) is 2.26. The largest absolute Gasteiger partial charge is 0.392 e. The zero-order valence-corrected chi connectivity index (χ0v) is 12.1. The van der Waals surface area contributed by atoms with Gasteiger partial charge in [0.05, 0.1) is 29.4 Å². The highest BCUT2D eigenvalue weighted by atomic mass is 16.5. The van der Waals surface area contributed by atoms with Crippen LogP contribution >= 0.6 is 0 Å². The number of aryl methyl sites for hydroxylation is 1. The molecule has 0 bridgehead atoms. The van der Waals surface area contributed by atoms with Crippen LogP contribution < -0.4 is 5.32 Å². The Labute approximate surface area is 122 Å². The standard InChI is InChI=1S/C15H18N4O2/c1-10-7-12(21-18-10)9-19-14-6-4-3-5-13(14)17-15(19)16-8-11(2)20/h3-7,11,20H,8-9H2,1-2H3,(H,16,17). The van der Waals surface area contributed by atoms with E-state index in [9.17, 15) is 5.11 Å². The summed E-state index contributed by atoms with van der Waals surface area (Å²) < 4.78 is 7.32. The van der Waals surface area contributed by atoms with Crippen LogP contribution in [0.2, 0.25) is 0 Å². The Morgan fingerprint density at radius 1 is 1.38 bits per heavy atom. The summed E-state index contributed by atoms with van der Waals surface area (Å²) >= 11 is 0. The third-order valence-electron chi connectivity index (χ3n) is 3.20. The smallest absolute Gasteiger partial charge is 0.204 e. The first-order valence-corrected chi connectivity index (χ1v) is 6.93. The lowest BCUT2D eigenvalue weighted by Crippen LogP contribution is -2.18. The van der Waals surface area contributed by atoms with Gasteiger partial charge in [-0.3, -0.25) is 0 Å². The van der Waals surface area contributed by atoms with E-state index in [0.717, 1.165) is 22.5 Å². The van der Waals surface area contributed by atoms with Crippen molar-refractivity contribution in [1.29, 1.82) is 0 Å². The summed E-state index contributed by atoms with van der Waals surface area (Å²) in [6.07, 6.45) is -0.439. The minimum atomic E-state index is -0.439. The van der Waals surface area contributed by atoms with E-state index in [-0.39, 0.29) is 0 Å². The molecule has 0 aliphatic rings. The second-order valence-corrected chi connectivity index (χ2v) is 5.17. The van der Waals surface area contributed by atoms with E-state index in [4.69, 9.17) is 4.52 Å². The number of nitrogens with zero attached hydrogens (tertiary/aromatic N) is 3. The molecule has 0 spiro atoms. The van der Waals surface area contributed by atoms with Crippen molar-refractivity contribution in [3.8, 4) is 0 Å². The summed E-state index contributed by atoms with van der Waals surface area (Å²) in [7, 11) is 0. The van der Waals surface area contributed by atoms with Gasteiger partial charge in [0.2, 0.25) is 5.95 Å². The predicted molar refractivity (Wildman–Crippen MR) is 80.2 cm³/mol. The average Bonchev–Trinajstić information content (AvgIpc) is 3.01. The Morgan fingerprint density at radius 2 is 2.19 bits per heavy atom. The molecule has 3 rings (SSSR count). The first-order valence-electron chi connectivity index (χ1n) is 6.93. The van der Waals surface area contributed by atoms with Crippen LogP contribution in [-0.4, -0.2) is 32.5 Å². The number of aliphatic hydroxyl groups is 1. The Balaban J connectivity index is 1.98. The van der Waals surface area contributed by atoms with Crippen molar-refractivity contribution in [2.45, 2.75) is 26.5 Å². The van der Waals surface area contributed by atoms with Crippen LogP contribution in [-0.2, 0) is 6.54 Å². The molecular weight excluding hydrogens is 268 g/mol. The second kappa shape index (κ2) is 5.57. The highest BCUT2D eigenvalue weighted by Crippen LogP contribution is 2.21. The number of hydrogen-bond donors (Lipinski definition) is 2. The third-order valence-corrected chi connectivity index (χ3v) is 3.20. The quantitative estimate of drug-likeness (QED) is 0.751. The molecule has 2 N–H and O–H groups in total. The van der Waals surface area contributed by atoms with Crippen molar-refractivity contribution in [1.82, 2.24) is 14.7 Å². The zero-order valence-electron chi connectivity index (χ0n) is 12.1. The normalized spacial score (nSPS) is 12.7. The van der Waals surface area contributed by atoms with Gasteiger partial charge in [-0.25, -0.2) is 4.98 Å². The lowest BCUT2D eigenvalue weighted by Gasteiger charge is -2.10. The van der Waals surface area contributed by atoms with Gasteiger partial charge in [0, 0.05) is 12.6 Å². The molecule has 1 unspecified atom stereocenters. The predicted octanol–water partition coefficient (Wildman–Crippen LogP) is 2.17. The molecule has 3 aromatic rings. The molecule has 110 valence electrons. The molecule has 0 saturated heterocycles. The average molecular weight is 286 g/mol. The van der Waals surface area contributed by atoms with Crippen LogP contribution in [0.25, 0.3) is 11.0 Å². The van der Waals surface area contributed by atoms with E-state index in [1.165, 1.54) is 0 Å². The number of rotatable bonds is 5. The van der Waals surface area contributed by atoms with E-state index in [2.05, 4.69) is 15.5 Å². The fourth-order valence-corrected chi connectivity index (χ4v) is 2.26. The highest BCUT2D eigenvalue weighted by molar-refractivity contribution is 5.78. The Bertz CT molecular complexity index is 745. The molecule has 2 heterocycles. The van der Waals surface area contributed by atoms with Crippen LogP contribution in [0.3, 0.4) is 0 Å². The number of aliphatic hydroxyl groups excluding tert-OH is 1. The maximum atomic E-state index is 9.44. The molecule has 0 aliphatic carbocycles. The van der Waals surface area contributed by atoms with Gasteiger partial charge in [-0.15, -0.1) is 0 Å². The van der Waals surface area contributed by atoms with Crippen LogP contribution in [0.1, 0.15) is 18.4 Å². The summed E-state index contributed by atoms with van der Waals surface area (Å²) in [5.41, 5.74) is 2.77. The van der Waals surface area contributed by atoms with E-state index >= 15 is 0 Å². The minimum Gasteiger partial charge on any atom is -0.392 e. The number of anilines is 1. The number of imidazole rings is 1. The number of fused-ring (bicyclic) bond motifs is 1. The summed E-state index contributed by atoms with van der Waals surface area (Å²) in [5, 5.41) is 16.5. The Morgan fingerprint density at radius 3 is 2.90 bits per heavy atom. The summed E-state index contributed by atoms with van der Waals surface area (Å²) in [6, 6.07) is 9.82. The van der Waals surface area contributed by atoms with Crippen molar-refractivity contribution in [3.63, 3.8) is 0 Å².